The molecular weight excluding hydrogens is 338 g/mol. The molecule has 0 radical (unpaired) electrons. The summed E-state index contributed by atoms with van der Waals surface area (Å²) in [6.45, 7) is 1.97. The van der Waals surface area contributed by atoms with Gasteiger partial charge in [0.05, 0.1) is 0 Å². The van der Waals surface area contributed by atoms with Crippen LogP contribution in [0.5, 0.6) is 5.75 Å². The molecular formula is C22H19N3O2. The maximum Gasteiger partial charge on any atom is 0.263 e. The minimum Gasteiger partial charge on any atom is -0.484 e. The van der Waals surface area contributed by atoms with Crippen LogP contribution in [0.4, 0.5) is 5.82 Å². The third kappa shape index (κ3) is 3.67. The zero-order valence-corrected chi connectivity index (χ0v) is 14.9. The van der Waals surface area contributed by atoms with Gasteiger partial charge in [-0.25, -0.2) is 4.98 Å². The lowest BCUT2D eigenvalue weighted by atomic mass is 10.1. The van der Waals surface area contributed by atoms with Gasteiger partial charge in [0.25, 0.3) is 5.91 Å². The van der Waals surface area contributed by atoms with Crippen LogP contribution in [0.3, 0.4) is 0 Å². The number of nitrogens with one attached hydrogen (secondary N) is 1. The predicted octanol–water partition coefficient (Wildman–Crippen LogP) is 4.33. The largest absolute Gasteiger partial charge is 0.484 e. The van der Waals surface area contributed by atoms with E-state index < -0.39 is 0 Å². The highest BCUT2D eigenvalue weighted by Gasteiger charge is 2.16. The Morgan fingerprint density at radius 2 is 1.74 bits per heavy atom. The van der Waals surface area contributed by atoms with Gasteiger partial charge in [0, 0.05) is 11.8 Å². The van der Waals surface area contributed by atoms with E-state index in [2.05, 4.69) is 5.32 Å². The Balaban J connectivity index is 1.62. The van der Waals surface area contributed by atoms with Gasteiger partial charge in [0.15, 0.2) is 6.61 Å². The molecule has 0 bridgehead atoms. The number of aromatic nitrogens is 2. The summed E-state index contributed by atoms with van der Waals surface area (Å²) >= 11 is 0. The monoisotopic (exact) mass is 357 g/mol. The first kappa shape index (κ1) is 16.8. The van der Waals surface area contributed by atoms with Crippen LogP contribution in [-0.4, -0.2) is 21.9 Å². The van der Waals surface area contributed by atoms with Crippen molar-refractivity contribution < 1.29 is 9.53 Å². The molecule has 0 aliphatic rings. The van der Waals surface area contributed by atoms with Gasteiger partial charge >= 0.3 is 0 Å². The van der Waals surface area contributed by atoms with Crippen LogP contribution in [0.15, 0.2) is 79.0 Å². The van der Waals surface area contributed by atoms with E-state index in [1.807, 2.05) is 90.3 Å². The number of fused-ring (bicyclic) bond motifs is 1. The van der Waals surface area contributed by atoms with Crippen LogP contribution in [0.25, 0.3) is 16.9 Å². The highest BCUT2D eigenvalue weighted by molar-refractivity contribution is 5.95. The van der Waals surface area contributed by atoms with Crippen LogP contribution in [0.1, 0.15) is 5.56 Å². The number of hydrogen-bond acceptors (Lipinski definition) is 3. The third-order valence-electron chi connectivity index (χ3n) is 4.23. The Kier molecular flexibility index (Phi) is 4.58. The number of nitrogens with zero attached hydrogens (tertiary/aromatic N) is 2. The molecule has 27 heavy (non-hydrogen) atoms. The Morgan fingerprint density at radius 3 is 2.52 bits per heavy atom. The molecule has 4 aromatic rings. The predicted molar refractivity (Wildman–Crippen MR) is 106 cm³/mol. The molecule has 0 unspecified atom stereocenters. The molecule has 1 N–H and O–H groups in total. The van der Waals surface area contributed by atoms with E-state index in [0.717, 1.165) is 16.9 Å². The Bertz CT molecular complexity index is 1070. The normalized spacial score (nSPS) is 10.7. The number of ether oxygens (including phenoxy) is 1. The fourth-order valence-electron chi connectivity index (χ4n) is 2.86. The van der Waals surface area contributed by atoms with Gasteiger partial charge in [-0.05, 0) is 31.2 Å². The van der Waals surface area contributed by atoms with Crippen LogP contribution in [0.2, 0.25) is 0 Å². The summed E-state index contributed by atoms with van der Waals surface area (Å²) in [6.07, 6.45) is 1.88. The second kappa shape index (κ2) is 7.33. The number of carbonyl (C=O) groups is 1. The van der Waals surface area contributed by atoms with Crippen molar-refractivity contribution in [2.75, 3.05) is 11.9 Å². The molecule has 0 spiro atoms. The topological polar surface area (TPSA) is 55.6 Å². The summed E-state index contributed by atoms with van der Waals surface area (Å²) in [6, 6.07) is 23.1. The number of rotatable bonds is 5. The fourth-order valence-corrected chi connectivity index (χ4v) is 2.86. The Morgan fingerprint density at radius 1 is 1.00 bits per heavy atom. The van der Waals surface area contributed by atoms with Gasteiger partial charge in [-0.3, -0.25) is 9.20 Å². The first-order chi connectivity index (χ1) is 13.2. The number of benzene rings is 2. The average Bonchev–Trinajstić information content (AvgIpc) is 3.06. The lowest BCUT2D eigenvalue weighted by Crippen LogP contribution is -2.21. The van der Waals surface area contributed by atoms with E-state index in [4.69, 9.17) is 9.72 Å². The van der Waals surface area contributed by atoms with Crippen molar-refractivity contribution in [3.05, 3.63) is 84.6 Å². The van der Waals surface area contributed by atoms with E-state index in [1.54, 1.807) is 0 Å². The van der Waals surface area contributed by atoms with Crippen molar-refractivity contribution in [3.63, 3.8) is 0 Å². The van der Waals surface area contributed by atoms with Crippen LogP contribution < -0.4 is 10.1 Å². The number of para-hydroxylation sites is 1. The first-order valence-corrected chi connectivity index (χ1v) is 8.72. The van der Waals surface area contributed by atoms with Gasteiger partial charge in [0.2, 0.25) is 0 Å². The number of imidazole rings is 1. The Hall–Kier alpha value is -3.60. The van der Waals surface area contributed by atoms with Gasteiger partial charge in [-0.1, -0.05) is 54.1 Å². The second-order valence-corrected chi connectivity index (χ2v) is 6.25. The maximum absolute atomic E-state index is 12.5. The molecule has 0 aliphatic heterocycles. The van der Waals surface area contributed by atoms with E-state index in [1.165, 1.54) is 5.56 Å². The van der Waals surface area contributed by atoms with Crippen LogP contribution in [-0.2, 0) is 4.79 Å². The van der Waals surface area contributed by atoms with Crippen molar-refractivity contribution in [3.8, 4) is 17.0 Å². The number of pyridine rings is 1. The summed E-state index contributed by atoms with van der Waals surface area (Å²) in [5.74, 6) is 1.05. The number of amides is 1. The highest BCUT2D eigenvalue weighted by Crippen LogP contribution is 2.29. The molecule has 2 aromatic carbocycles. The first-order valence-electron chi connectivity index (χ1n) is 8.72. The molecule has 5 nitrogen and oxygen atoms in total. The van der Waals surface area contributed by atoms with Gasteiger partial charge in [-0.2, -0.15) is 0 Å². The molecule has 5 heteroatoms. The lowest BCUT2D eigenvalue weighted by molar-refractivity contribution is -0.118. The summed E-state index contributed by atoms with van der Waals surface area (Å²) < 4.78 is 7.42. The van der Waals surface area contributed by atoms with Crippen molar-refractivity contribution in [1.82, 2.24) is 9.38 Å². The minimum absolute atomic E-state index is 0.0720. The van der Waals surface area contributed by atoms with Crippen LogP contribution >= 0.6 is 0 Å². The highest BCUT2D eigenvalue weighted by atomic mass is 16.5. The van der Waals surface area contributed by atoms with Crippen molar-refractivity contribution in [1.29, 1.82) is 0 Å². The molecule has 4 rings (SSSR count). The van der Waals surface area contributed by atoms with Gasteiger partial charge in [0.1, 0.15) is 22.9 Å². The smallest absolute Gasteiger partial charge is 0.263 e. The van der Waals surface area contributed by atoms with Crippen molar-refractivity contribution in [2.45, 2.75) is 6.92 Å². The van der Waals surface area contributed by atoms with Gasteiger partial charge < -0.3 is 10.1 Å². The minimum atomic E-state index is -0.238. The molecule has 2 aromatic heterocycles. The quantitative estimate of drug-likeness (QED) is 0.578. The van der Waals surface area contributed by atoms with Crippen molar-refractivity contribution in [2.24, 2.45) is 0 Å². The molecule has 0 atom stereocenters. The molecule has 0 saturated carbocycles. The molecule has 0 fully saturated rings. The van der Waals surface area contributed by atoms with Gasteiger partial charge in [-0.15, -0.1) is 0 Å². The molecule has 134 valence electrons. The van der Waals surface area contributed by atoms with E-state index in [9.17, 15) is 4.79 Å². The zero-order valence-electron chi connectivity index (χ0n) is 14.9. The molecule has 0 aliphatic carbocycles. The standard InChI is InChI=1S/C22H19N3O2/c1-16-10-12-17(13-11-16)21-22(25-14-6-5-9-19(25)23-21)24-20(26)15-27-18-7-3-2-4-8-18/h2-14H,15H2,1H3,(H,24,26). The molecule has 2 heterocycles. The van der Waals surface area contributed by atoms with Crippen molar-refractivity contribution >= 4 is 17.4 Å². The summed E-state index contributed by atoms with van der Waals surface area (Å²) in [5, 5.41) is 2.95. The fraction of sp³-hybridized carbons (Fsp3) is 0.0909. The van der Waals surface area contributed by atoms with E-state index in [0.29, 0.717) is 11.6 Å². The number of carbonyl (C=O) groups excluding carboxylic acids is 1. The average molecular weight is 357 g/mol. The summed E-state index contributed by atoms with van der Waals surface area (Å²) in [7, 11) is 0. The van der Waals surface area contributed by atoms with Crippen LogP contribution in [0, 0.1) is 6.92 Å². The number of anilines is 1. The second-order valence-electron chi connectivity index (χ2n) is 6.25. The maximum atomic E-state index is 12.5. The lowest BCUT2D eigenvalue weighted by Gasteiger charge is -2.09. The summed E-state index contributed by atoms with van der Waals surface area (Å²) in [4.78, 5) is 17.2. The summed E-state index contributed by atoms with van der Waals surface area (Å²) in [5.41, 5.74) is 3.62. The number of hydrogen-bond donors (Lipinski definition) is 1. The Labute approximate surface area is 157 Å². The van der Waals surface area contributed by atoms with E-state index in [-0.39, 0.29) is 12.5 Å². The zero-order chi connectivity index (χ0) is 18.6. The number of aryl methyl sites for hydroxylation is 1. The third-order valence-corrected chi connectivity index (χ3v) is 4.23. The molecule has 1 amide bonds. The van der Waals surface area contributed by atoms with E-state index >= 15 is 0 Å². The molecule has 0 saturated heterocycles. The SMILES string of the molecule is Cc1ccc(-c2nc3ccccn3c2NC(=O)COc2ccccc2)cc1.